The van der Waals surface area contributed by atoms with Gasteiger partial charge in [-0.2, -0.15) is 0 Å². The van der Waals surface area contributed by atoms with Gasteiger partial charge in [-0.05, 0) is 25.0 Å². The highest BCUT2D eigenvalue weighted by Crippen LogP contribution is 2.23. The fraction of sp³-hybridized carbons (Fsp3) is 0.333. The number of fused-ring (bicyclic) bond motifs is 1. The summed E-state index contributed by atoms with van der Waals surface area (Å²) >= 11 is 0. The molecule has 0 aliphatic carbocycles. The number of carbonyl (C=O) groups is 1. The van der Waals surface area contributed by atoms with E-state index in [0.29, 0.717) is 30.0 Å². The third kappa shape index (κ3) is 2.50. The van der Waals surface area contributed by atoms with E-state index in [-0.39, 0.29) is 5.69 Å². The molecule has 108 valence electrons. The van der Waals surface area contributed by atoms with Crippen LogP contribution < -0.4 is 5.32 Å². The highest BCUT2D eigenvalue weighted by molar-refractivity contribution is 5.88. The van der Waals surface area contributed by atoms with Crippen LogP contribution in [0.4, 0.5) is 0 Å². The number of nitrogens with zero attached hydrogens (tertiary/aromatic N) is 3. The van der Waals surface area contributed by atoms with E-state index in [9.17, 15) is 9.90 Å². The number of carboxylic acids is 1. The van der Waals surface area contributed by atoms with Gasteiger partial charge in [-0.3, -0.25) is 4.98 Å². The molecule has 1 aliphatic rings. The van der Waals surface area contributed by atoms with Crippen LogP contribution in [-0.4, -0.2) is 32.6 Å². The Balaban J connectivity index is 2.19. The van der Waals surface area contributed by atoms with Crippen molar-refractivity contribution < 1.29 is 9.90 Å². The molecule has 0 saturated carbocycles. The summed E-state index contributed by atoms with van der Waals surface area (Å²) in [6.07, 6.45) is 2.45. The number of hydrogen-bond donors (Lipinski definition) is 2. The van der Waals surface area contributed by atoms with Gasteiger partial charge in [0.05, 0.1) is 5.69 Å². The highest BCUT2D eigenvalue weighted by atomic mass is 16.4. The summed E-state index contributed by atoms with van der Waals surface area (Å²) in [5.74, 6) is -0.631. The van der Waals surface area contributed by atoms with Crippen molar-refractivity contribution in [3.8, 4) is 11.5 Å². The molecule has 3 heterocycles. The smallest absolute Gasteiger partial charge is 0.354 e. The van der Waals surface area contributed by atoms with Gasteiger partial charge in [0.25, 0.3) is 0 Å². The maximum Gasteiger partial charge on any atom is 0.354 e. The van der Waals surface area contributed by atoms with E-state index >= 15 is 0 Å². The molecule has 0 bridgehead atoms. The molecule has 0 aromatic carbocycles. The van der Waals surface area contributed by atoms with Gasteiger partial charge in [0.1, 0.15) is 5.69 Å². The molecule has 1 aliphatic heterocycles. The summed E-state index contributed by atoms with van der Waals surface area (Å²) in [7, 11) is 0. The van der Waals surface area contributed by atoms with Gasteiger partial charge in [-0.25, -0.2) is 14.8 Å². The van der Waals surface area contributed by atoms with Gasteiger partial charge in [-0.1, -0.05) is 6.07 Å². The zero-order valence-corrected chi connectivity index (χ0v) is 12.0. The first-order chi connectivity index (χ1) is 10.1. The van der Waals surface area contributed by atoms with Gasteiger partial charge in [-0.15, -0.1) is 0 Å². The fourth-order valence-electron chi connectivity index (χ4n) is 2.58. The van der Waals surface area contributed by atoms with E-state index in [2.05, 4.69) is 20.3 Å². The molecule has 0 saturated heterocycles. The SMILES string of the molecule is Cc1cnc(-c2nc3c(c(C(=O)O)n2)CNCC3)c(C)c1. The molecule has 2 aromatic heterocycles. The van der Waals surface area contributed by atoms with Crippen molar-refractivity contribution >= 4 is 5.97 Å². The maximum atomic E-state index is 11.5. The quantitative estimate of drug-likeness (QED) is 0.869. The Labute approximate surface area is 122 Å². The van der Waals surface area contributed by atoms with Crippen LogP contribution in [0, 0.1) is 13.8 Å². The van der Waals surface area contributed by atoms with Crippen LogP contribution in [0.2, 0.25) is 0 Å². The molecule has 21 heavy (non-hydrogen) atoms. The lowest BCUT2D eigenvalue weighted by molar-refractivity contribution is 0.0688. The van der Waals surface area contributed by atoms with Crippen molar-refractivity contribution in [1.29, 1.82) is 0 Å². The first-order valence-electron chi connectivity index (χ1n) is 6.83. The van der Waals surface area contributed by atoms with Crippen LogP contribution in [0.1, 0.15) is 32.9 Å². The van der Waals surface area contributed by atoms with Crippen LogP contribution in [0.3, 0.4) is 0 Å². The molecular weight excluding hydrogens is 268 g/mol. The molecule has 6 nitrogen and oxygen atoms in total. The topological polar surface area (TPSA) is 88.0 Å². The zero-order valence-electron chi connectivity index (χ0n) is 12.0. The van der Waals surface area contributed by atoms with E-state index in [1.165, 1.54) is 0 Å². The summed E-state index contributed by atoms with van der Waals surface area (Å²) in [6, 6.07) is 1.99. The van der Waals surface area contributed by atoms with Crippen LogP contribution in [0.25, 0.3) is 11.5 Å². The second-order valence-corrected chi connectivity index (χ2v) is 5.23. The van der Waals surface area contributed by atoms with E-state index in [1.54, 1.807) is 6.20 Å². The fourth-order valence-corrected chi connectivity index (χ4v) is 2.58. The van der Waals surface area contributed by atoms with Crippen molar-refractivity contribution in [2.45, 2.75) is 26.8 Å². The second-order valence-electron chi connectivity index (χ2n) is 5.23. The van der Waals surface area contributed by atoms with E-state index in [1.807, 2.05) is 19.9 Å². The third-order valence-electron chi connectivity index (χ3n) is 3.56. The Hall–Kier alpha value is -2.34. The number of pyridine rings is 1. The minimum atomic E-state index is -1.02. The summed E-state index contributed by atoms with van der Waals surface area (Å²) in [4.78, 5) is 24.6. The predicted octanol–water partition coefficient (Wildman–Crippen LogP) is 1.50. The zero-order chi connectivity index (χ0) is 15.0. The maximum absolute atomic E-state index is 11.5. The first-order valence-corrected chi connectivity index (χ1v) is 6.83. The standard InChI is InChI=1S/C15H16N4O2/c1-8-5-9(2)12(17-6-8)14-18-11-3-4-16-7-10(11)13(19-14)15(20)21/h5-6,16H,3-4,7H2,1-2H3,(H,20,21). The van der Waals surface area contributed by atoms with E-state index < -0.39 is 5.97 Å². The first kappa shape index (κ1) is 13.6. The van der Waals surface area contributed by atoms with E-state index in [0.717, 1.165) is 23.4 Å². The molecule has 0 radical (unpaired) electrons. The van der Waals surface area contributed by atoms with Gasteiger partial charge in [0, 0.05) is 31.3 Å². The lowest BCUT2D eigenvalue weighted by atomic mass is 10.0. The molecule has 0 atom stereocenters. The van der Waals surface area contributed by atoms with Gasteiger partial charge >= 0.3 is 5.97 Å². The summed E-state index contributed by atoms with van der Waals surface area (Å²) in [5.41, 5.74) is 4.20. The van der Waals surface area contributed by atoms with Crippen LogP contribution >= 0.6 is 0 Å². The number of carboxylic acid groups (broad SMARTS) is 1. The van der Waals surface area contributed by atoms with Crippen LogP contribution in [0.15, 0.2) is 12.3 Å². The van der Waals surface area contributed by atoms with Crippen molar-refractivity contribution in [2.24, 2.45) is 0 Å². The summed E-state index contributed by atoms with van der Waals surface area (Å²) in [5, 5.41) is 12.5. The Bertz CT molecular complexity index is 728. The van der Waals surface area contributed by atoms with Crippen molar-refractivity contribution in [3.05, 3.63) is 40.3 Å². The predicted molar refractivity (Wildman–Crippen MR) is 77.1 cm³/mol. The van der Waals surface area contributed by atoms with Crippen molar-refractivity contribution in [1.82, 2.24) is 20.3 Å². The monoisotopic (exact) mass is 284 g/mol. The van der Waals surface area contributed by atoms with Crippen LogP contribution in [-0.2, 0) is 13.0 Å². The lowest BCUT2D eigenvalue weighted by Crippen LogP contribution is -2.28. The average Bonchev–Trinajstić information content (AvgIpc) is 2.46. The molecular formula is C15H16N4O2. The number of aromatic nitrogens is 3. The molecule has 2 N–H and O–H groups in total. The molecule has 0 amide bonds. The molecule has 0 spiro atoms. The Morgan fingerprint density at radius 1 is 1.33 bits per heavy atom. The minimum absolute atomic E-state index is 0.0731. The van der Waals surface area contributed by atoms with Crippen molar-refractivity contribution in [2.75, 3.05) is 6.54 Å². The normalized spacial score (nSPS) is 13.8. The third-order valence-corrected chi connectivity index (χ3v) is 3.56. The molecule has 0 unspecified atom stereocenters. The largest absolute Gasteiger partial charge is 0.476 e. The number of hydrogen-bond acceptors (Lipinski definition) is 5. The molecule has 3 rings (SSSR count). The van der Waals surface area contributed by atoms with Crippen molar-refractivity contribution in [3.63, 3.8) is 0 Å². The van der Waals surface area contributed by atoms with E-state index in [4.69, 9.17) is 0 Å². The number of aromatic carboxylic acids is 1. The number of nitrogens with one attached hydrogen (secondary N) is 1. The molecule has 0 fully saturated rings. The number of aryl methyl sites for hydroxylation is 2. The Morgan fingerprint density at radius 3 is 2.86 bits per heavy atom. The molecule has 6 heteroatoms. The number of rotatable bonds is 2. The van der Waals surface area contributed by atoms with Crippen LogP contribution in [0.5, 0.6) is 0 Å². The van der Waals surface area contributed by atoms with Gasteiger partial charge in [0.2, 0.25) is 0 Å². The Kier molecular flexibility index (Phi) is 3.39. The highest BCUT2D eigenvalue weighted by Gasteiger charge is 2.22. The van der Waals surface area contributed by atoms with Gasteiger partial charge < -0.3 is 10.4 Å². The lowest BCUT2D eigenvalue weighted by Gasteiger charge is -2.18. The van der Waals surface area contributed by atoms with Gasteiger partial charge in [0.15, 0.2) is 11.5 Å². The summed E-state index contributed by atoms with van der Waals surface area (Å²) in [6.45, 7) is 5.19. The molecule has 2 aromatic rings. The Morgan fingerprint density at radius 2 is 2.14 bits per heavy atom. The second kappa shape index (κ2) is 5.21. The summed E-state index contributed by atoms with van der Waals surface area (Å²) < 4.78 is 0. The minimum Gasteiger partial charge on any atom is -0.476 e. The average molecular weight is 284 g/mol.